The second-order valence-electron chi connectivity index (χ2n) is 6.25. The SMILES string of the molecule is Cn1nnc2c3c(ccc21)C(c1cc2c(cc1Cl)OCO2)CC(=O)N3.O=CO. The first-order chi connectivity index (χ1) is 13.5. The number of hydrogen-bond donors (Lipinski definition) is 2. The summed E-state index contributed by atoms with van der Waals surface area (Å²) in [5.74, 6) is 1.01. The molecule has 2 aromatic carbocycles. The van der Waals surface area contributed by atoms with Gasteiger partial charge in [-0.2, -0.15) is 0 Å². The second kappa shape index (κ2) is 7.01. The molecule has 2 N–H and O–H groups in total. The number of nitrogens with one attached hydrogen (secondary N) is 1. The van der Waals surface area contributed by atoms with Crippen LogP contribution >= 0.6 is 11.6 Å². The Kier molecular flexibility index (Phi) is 4.52. The highest BCUT2D eigenvalue weighted by atomic mass is 35.5. The number of rotatable bonds is 1. The van der Waals surface area contributed by atoms with Crippen LogP contribution < -0.4 is 14.8 Å². The van der Waals surface area contributed by atoms with Crippen LogP contribution in [0, 0.1) is 0 Å². The van der Waals surface area contributed by atoms with Crippen molar-refractivity contribution in [3.05, 3.63) is 40.4 Å². The number of carbonyl (C=O) groups is 2. The molecule has 2 aliphatic heterocycles. The minimum Gasteiger partial charge on any atom is -0.483 e. The lowest BCUT2D eigenvalue weighted by molar-refractivity contribution is -0.123. The molecule has 9 nitrogen and oxygen atoms in total. The third kappa shape index (κ3) is 2.89. The monoisotopic (exact) mass is 402 g/mol. The van der Waals surface area contributed by atoms with E-state index in [-0.39, 0.29) is 25.1 Å². The number of aryl methyl sites for hydroxylation is 1. The van der Waals surface area contributed by atoms with E-state index in [1.165, 1.54) is 0 Å². The number of aromatic nitrogens is 3. The normalized spacial score (nSPS) is 16.8. The number of hydrogen-bond acceptors (Lipinski definition) is 6. The summed E-state index contributed by atoms with van der Waals surface area (Å²) >= 11 is 6.48. The highest BCUT2D eigenvalue weighted by molar-refractivity contribution is 6.31. The number of carboxylic acid groups (broad SMARTS) is 1. The number of benzene rings is 2. The van der Waals surface area contributed by atoms with E-state index < -0.39 is 0 Å². The molecule has 144 valence electrons. The first-order valence-electron chi connectivity index (χ1n) is 8.32. The highest BCUT2D eigenvalue weighted by Crippen LogP contribution is 2.46. The van der Waals surface area contributed by atoms with Crippen molar-refractivity contribution >= 4 is 40.7 Å². The van der Waals surface area contributed by atoms with Crippen molar-refractivity contribution in [2.24, 2.45) is 7.05 Å². The van der Waals surface area contributed by atoms with Crippen LogP contribution in [0.4, 0.5) is 5.69 Å². The summed E-state index contributed by atoms with van der Waals surface area (Å²) in [4.78, 5) is 20.7. The quantitative estimate of drug-likeness (QED) is 0.601. The van der Waals surface area contributed by atoms with Gasteiger partial charge in [0.1, 0.15) is 5.52 Å². The highest BCUT2D eigenvalue weighted by Gasteiger charge is 2.31. The molecule has 1 aromatic heterocycles. The number of amides is 1. The maximum absolute atomic E-state index is 12.3. The summed E-state index contributed by atoms with van der Waals surface area (Å²) < 4.78 is 12.5. The number of halogens is 1. The molecule has 10 heteroatoms. The molecule has 0 saturated heterocycles. The third-order valence-corrected chi connectivity index (χ3v) is 5.04. The van der Waals surface area contributed by atoms with Crippen LogP contribution in [0.15, 0.2) is 24.3 Å². The van der Waals surface area contributed by atoms with E-state index in [1.807, 2.05) is 25.2 Å². The first-order valence-corrected chi connectivity index (χ1v) is 8.70. The van der Waals surface area contributed by atoms with E-state index in [0.29, 0.717) is 34.1 Å². The number of anilines is 1. The molecule has 0 fully saturated rings. The van der Waals surface area contributed by atoms with Gasteiger partial charge in [-0.3, -0.25) is 9.59 Å². The zero-order valence-electron chi connectivity index (χ0n) is 14.7. The number of ether oxygens (including phenoxy) is 2. The fourth-order valence-electron chi connectivity index (χ4n) is 3.50. The summed E-state index contributed by atoms with van der Waals surface area (Å²) in [5.41, 5.74) is 4.03. The summed E-state index contributed by atoms with van der Waals surface area (Å²) in [7, 11) is 1.82. The van der Waals surface area contributed by atoms with Crippen LogP contribution in [0.3, 0.4) is 0 Å². The smallest absolute Gasteiger partial charge is 0.290 e. The summed E-state index contributed by atoms with van der Waals surface area (Å²) in [6.45, 7) is -0.0723. The van der Waals surface area contributed by atoms with Gasteiger partial charge in [-0.1, -0.05) is 22.9 Å². The van der Waals surface area contributed by atoms with Crippen molar-refractivity contribution < 1.29 is 24.2 Å². The van der Waals surface area contributed by atoms with Crippen LogP contribution in [0.5, 0.6) is 11.5 Å². The standard InChI is InChI=1S/C17H13ClN4O3.CH2O2/c1-22-12-3-2-8-9(5-15(23)19-16(8)17(12)20-21-22)10-4-13-14(6-11(10)18)25-7-24-13;2-1-3/h2-4,6,9H,5,7H2,1H3,(H,19,23);1H,(H,2,3). The van der Waals surface area contributed by atoms with Crippen LogP contribution in [0.25, 0.3) is 11.0 Å². The molecule has 1 unspecified atom stereocenters. The number of fused-ring (bicyclic) bond motifs is 4. The average molecular weight is 403 g/mol. The van der Waals surface area contributed by atoms with E-state index in [4.69, 9.17) is 31.0 Å². The van der Waals surface area contributed by atoms with Gasteiger partial charge in [0.25, 0.3) is 6.47 Å². The lowest BCUT2D eigenvalue weighted by Gasteiger charge is -2.27. The zero-order valence-corrected chi connectivity index (χ0v) is 15.4. The average Bonchev–Trinajstić information content (AvgIpc) is 3.27. The Morgan fingerprint density at radius 3 is 2.75 bits per heavy atom. The van der Waals surface area contributed by atoms with Gasteiger partial charge < -0.3 is 19.9 Å². The fourth-order valence-corrected chi connectivity index (χ4v) is 3.79. The van der Waals surface area contributed by atoms with Gasteiger partial charge in [0.15, 0.2) is 11.5 Å². The minimum absolute atomic E-state index is 0.0793. The van der Waals surface area contributed by atoms with Gasteiger partial charge in [-0.05, 0) is 23.3 Å². The van der Waals surface area contributed by atoms with Gasteiger partial charge in [0, 0.05) is 30.5 Å². The third-order valence-electron chi connectivity index (χ3n) is 4.71. The molecule has 0 saturated carbocycles. The van der Waals surface area contributed by atoms with E-state index >= 15 is 0 Å². The Labute approximate surface area is 163 Å². The van der Waals surface area contributed by atoms with Crippen LogP contribution in [-0.2, 0) is 16.6 Å². The first kappa shape index (κ1) is 18.1. The molecule has 1 amide bonds. The van der Waals surface area contributed by atoms with Crippen molar-refractivity contribution in [1.29, 1.82) is 0 Å². The Morgan fingerprint density at radius 2 is 2.00 bits per heavy atom. The molecule has 2 aliphatic rings. The Bertz CT molecular complexity index is 1100. The predicted octanol–water partition coefficient (Wildman–Crippen LogP) is 2.53. The van der Waals surface area contributed by atoms with Gasteiger partial charge in [0.05, 0.1) is 11.2 Å². The Morgan fingerprint density at radius 1 is 1.29 bits per heavy atom. The van der Waals surface area contributed by atoms with Crippen molar-refractivity contribution in [3.8, 4) is 11.5 Å². The van der Waals surface area contributed by atoms with E-state index in [2.05, 4.69) is 15.6 Å². The van der Waals surface area contributed by atoms with Crippen LogP contribution in [-0.4, -0.2) is 39.3 Å². The topological polar surface area (TPSA) is 116 Å². The van der Waals surface area contributed by atoms with Gasteiger partial charge in [0.2, 0.25) is 12.7 Å². The summed E-state index contributed by atoms with van der Waals surface area (Å²) in [5, 5.41) is 18.6. The lowest BCUT2D eigenvalue weighted by Crippen LogP contribution is -2.24. The van der Waals surface area contributed by atoms with Crippen molar-refractivity contribution in [2.45, 2.75) is 12.3 Å². The van der Waals surface area contributed by atoms with E-state index in [9.17, 15) is 4.79 Å². The second-order valence-corrected chi connectivity index (χ2v) is 6.66. The van der Waals surface area contributed by atoms with Crippen LogP contribution in [0.2, 0.25) is 5.02 Å². The van der Waals surface area contributed by atoms with Gasteiger partial charge in [-0.15, -0.1) is 5.10 Å². The molecule has 5 rings (SSSR count). The molecule has 0 bridgehead atoms. The van der Waals surface area contributed by atoms with Gasteiger partial charge >= 0.3 is 0 Å². The predicted molar refractivity (Wildman–Crippen MR) is 99.9 cm³/mol. The van der Waals surface area contributed by atoms with E-state index in [1.54, 1.807) is 10.7 Å². The largest absolute Gasteiger partial charge is 0.483 e. The molecule has 28 heavy (non-hydrogen) atoms. The maximum atomic E-state index is 12.3. The minimum atomic E-state index is -0.250. The van der Waals surface area contributed by atoms with Crippen molar-refractivity contribution in [1.82, 2.24) is 15.0 Å². The molecular formula is C18H15ClN4O5. The molecule has 0 radical (unpaired) electrons. The van der Waals surface area contributed by atoms with Crippen LogP contribution in [0.1, 0.15) is 23.5 Å². The van der Waals surface area contributed by atoms with Gasteiger partial charge in [-0.25, -0.2) is 4.68 Å². The molecular weight excluding hydrogens is 388 g/mol. The van der Waals surface area contributed by atoms with Crippen molar-refractivity contribution in [2.75, 3.05) is 12.1 Å². The Balaban J connectivity index is 0.000000604. The summed E-state index contributed by atoms with van der Waals surface area (Å²) in [6, 6.07) is 7.55. The number of nitrogens with zero attached hydrogens (tertiary/aromatic N) is 3. The molecule has 0 aliphatic carbocycles. The van der Waals surface area contributed by atoms with Crippen molar-refractivity contribution in [3.63, 3.8) is 0 Å². The molecule has 3 heterocycles. The number of carbonyl (C=O) groups excluding carboxylic acids is 1. The molecule has 3 aromatic rings. The van der Waals surface area contributed by atoms with E-state index in [0.717, 1.165) is 16.6 Å². The lowest BCUT2D eigenvalue weighted by atomic mass is 9.84. The zero-order chi connectivity index (χ0) is 19.8. The molecule has 0 spiro atoms. The fraction of sp³-hybridized carbons (Fsp3) is 0.222. The Hall–Kier alpha value is -3.33. The summed E-state index contributed by atoms with van der Waals surface area (Å²) in [6.07, 6.45) is 0.304. The maximum Gasteiger partial charge on any atom is 0.290 e. The molecule has 1 atom stereocenters.